The van der Waals surface area contributed by atoms with Crippen LogP contribution in [0.15, 0.2) is 47.1 Å². The molecule has 2 N–H and O–H groups in total. The normalized spacial score (nSPS) is 11.4. The lowest BCUT2D eigenvalue weighted by Crippen LogP contribution is -2.28. The fraction of sp³-hybridized carbons (Fsp3) is 0.500. The predicted octanol–water partition coefficient (Wildman–Crippen LogP) is 7.26. The molecular weight excluding hydrogens is 436 g/mol. The number of furan rings is 1. The highest BCUT2D eigenvalue weighted by Crippen LogP contribution is 2.30. The monoisotopic (exact) mass is 478 g/mol. The molecule has 0 aliphatic rings. The Morgan fingerprint density at radius 3 is 2.23 bits per heavy atom. The van der Waals surface area contributed by atoms with Gasteiger partial charge in [-0.3, -0.25) is 4.79 Å². The Bertz CT molecular complexity index is 1050. The van der Waals surface area contributed by atoms with E-state index in [0.29, 0.717) is 23.4 Å². The quantitative estimate of drug-likeness (QED) is 0.133. The van der Waals surface area contributed by atoms with Crippen LogP contribution in [0.2, 0.25) is 0 Å². The number of ether oxygens (including phenoxy) is 1. The van der Waals surface area contributed by atoms with Crippen LogP contribution in [0, 0.1) is 0 Å². The molecular formula is C30H42N2O3. The molecule has 0 fully saturated rings. The van der Waals surface area contributed by atoms with E-state index < -0.39 is 0 Å². The Hall–Kier alpha value is -2.79. The Labute approximate surface area is 210 Å². The number of nitrogens with two attached hydrogens (primary N) is 1. The van der Waals surface area contributed by atoms with Crippen molar-refractivity contribution in [1.82, 2.24) is 4.90 Å². The molecule has 1 aromatic heterocycles. The van der Waals surface area contributed by atoms with Gasteiger partial charge in [-0.25, -0.2) is 0 Å². The third kappa shape index (κ3) is 7.60. The largest absolute Gasteiger partial charge is 0.494 e. The van der Waals surface area contributed by atoms with E-state index in [9.17, 15) is 4.79 Å². The summed E-state index contributed by atoms with van der Waals surface area (Å²) in [6.45, 7) is 10.7. The molecule has 0 bridgehead atoms. The second kappa shape index (κ2) is 13.9. The minimum Gasteiger partial charge on any atom is -0.494 e. The van der Waals surface area contributed by atoms with Gasteiger partial charge < -0.3 is 19.8 Å². The number of nitrogens with zero attached hydrogens (tertiary/aromatic N) is 1. The molecule has 3 rings (SSSR count). The lowest BCUT2D eigenvalue weighted by atomic mass is 9.99. The molecule has 0 aliphatic heterocycles. The van der Waals surface area contributed by atoms with Crippen molar-refractivity contribution in [2.75, 3.05) is 32.0 Å². The van der Waals surface area contributed by atoms with Gasteiger partial charge in [0.1, 0.15) is 17.6 Å². The fourth-order valence-electron chi connectivity index (χ4n) is 4.40. The number of carbonyl (C=O) groups excluding carboxylic acids is 1. The van der Waals surface area contributed by atoms with E-state index in [1.165, 1.54) is 38.8 Å². The average Bonchev–Trinajstić information content (AvgIpc) is 3.30. The summed E-state index contributed by atoms with van der Waals surface area (Å²) in [6.07, 6.45) is 10.6. The van der Waals surface area contributed by atoms with Crippen LogP contribution in [0.3, 0.4) is 0 Å². The van der Waals surface area contributed by atoms with Gasteiger partial charge in [-0.15, -0.1) is 0 Å². The van der Waals surface area contributed by atoms with Gasteiger partial charge in [-0.1, -0.05) is 40.0 Å². The maximum absolute atomic E-state index is 13.2. The highest BCUT2D eigenvalue weighted by molar-refractivity contribution is 6.16. The van der Waals surface area contributed by atoms with Crippen molar-refractivity contribution in [2.45, 2.75) is 72.1 Å². The molecule has 3 aromatic rings. The predicted molar refractivity (Wildman–Crippen MR) is 145 cm³/mol. The fourth-order valence-corrected chi connectivity index (χ4v) is 4.40. The standard InChI is InChI=1S/C30H42N2O3/c1-4-7-11-24-20-25(31)21-27-28(22-35-30(24)27)29(33)23-12-14-26(15-13-23)34-19-10-18-32(16-8-5-2)17-9-6-3/h12-15,20-22H,4-11,16-19,31H2,1-3H3. The van der Waals surface area contributed by atoms with Crippen LogP contribution in [-0.2, 0) is 6.42 Å². The topological polar surface area (TPSA) is 68.7 Å². The first kappa shape index (κ1) is 26.8. The van der Waals surface area contributed by atoms with Crippen molar-refractivity contribution in [1.29, 1.82) is 0 Å². The number of rotatable bonds is 16. The molecule has 0 saturated heterocycles. The van der Waals surface area contributed by atoms with Gasteiger partial charge in [0, 0.05) is 23.2 Å². The number of aryl methyl sites for hydroxylation is 1. The van der Waals surface area contributed by atoms with E-state index in [4.69, 9.17) is 14.9 Å². The zero-order valence-corrected chi connectivity index (χ0v) is 21.8. The van der Waals surface area contributed by atoms with Gasteiger partial charge in [0.25, 0.3) is 0 Å². The van der Waals surface area contributed by atoms with E-state index in [0.717, 1.165) is 54.5 Å². The average molecular weight is 479 g/mol. The molecule has 0 unspecified atom stereocenters. The van der Waals surface area contributed by atoms with Crippen LogP contribution in [0.4, 0.5) is 5.69 Å². The molecule has 0 amide bonds. The van der Waals surface area contributed by atoms with Crippen LogP contribution in [0.25, 0.3) is 11.0 Å². The first-order valence-electron chi connectivity index (χ1n) is 13.4. The Kier molecular flexibility index (Phi) is 10.7. The second-order valence-electron chi connectivity index (χ2n) is 9.41. The van der Waals surface area contributed by atoms with Crippen molar-refractivity contribution in [3.05, 3.63) is 59.4 Å². The summed E-state index contributed by atoms with van der Waals surface area (Å²) in [7, 11) is 0. The number of carbonyl (C=O) groups is 1. The lowest BCUT2D eigenvalue weighted by Gasteiger charge is -2.21. The molecule has 2 aromatic carbocycles. The minimum atomic E-state index is -0.0650. The molecule has 5 heteroatoms. The maximum Gasteiger partial charge on any atom is 0.196 e. The summed E-state index contributed by atoms with van der Waals surface area (Å²) in [5.41, 5.74) is 9.79. The summed E-state index contributed by atoms with van der Waals surface area (Å²) in [4.78, 5) is 15.8. The Morgan fingerprint density at radius 2 is 1.57 bits per heavy atom. The van der Waals surface area contributed by atoms with Gasteiger partial charge in [0.05, 0.1) is 12.2 Å². The number of fused-ring (bicyclic) bond motifs is 1. The lowest BCUT2D eigenvalue weighted by molar-refractivity contribution is 0.103. The molecule has 35 heavy (non-hydrogen) atoms. The van der Waals surface area contributed by atoms with Crippen LogP contribution >= 0.6 is 0 Å². The Balaban J connectivity index is 1.59. The van der Waals surface area contributed by atoms with Crippen LogP contribution in [0.1, 0.15) is 87.2 Å². The summed E-state index contributed by atoms with van der Waals surface area (Å²) in [5, 5.41) is 0.789. The molecule has 0 saturated carbocycles. The van der Waals surface area contributed by atoms with Crippen molar-refractivity contribution < 1.29 is 13.9 Å². The van der Waals surface area contributed by atoms with E-state index in [2.05, 4.69) is 25.7 Å². The summed E-state index contributed by atoms with van der Waals surface area (Å²) in [5.74, 6) is 0.725. The van der Waals surface area contributed by atoms with Crippen LogP contribution < -0.4 is 10.5 Å². The molecule has 0 spiro atoms. The summed E-state index contributed by atoms with van der Waals surface area (Å²) >= 11 is 0. The highest BCUT2D eigenvalue weighted by atomic mass is 16.5. The molecule has 1 heterocycles. The molecule has 0 radical (unpaired) electrons. The second-order valence-corrected chi connectivity index (χ2v) is 9.41. The number of anilines is 1. The zero-order chi connectivity index (χ0) is 25.0. The van der Waals surface area contributed by atoms with Crippen molar-refractivity contribution >= 4 is 22.4 Å². The van der Waals surface area contributed by atoms with E-state index in [1.807, 2.05) is 36.4 Å². The third-order valence-electron chi connectivity index (χ3n) is 6.48. The number of hydrogen-bond donors (Lipinski definition) is 1. The summed E-state index contributed by atoms with van der Waals surface area (Å²) in [6, 6.07) is 11.2. The third-order valence-corrected chi connectivity index (χ3v) is 6.48. The van der Waals surface area contributed by atoms with E-state index in [-0.39, 0.29) is 5.78 Å². The van der Waals surface area contributed by atoms with Crippen LogP contribution in [-0.4, -0.2) is 36.9 Å². The smallest absolute Gasteiger partial charge is 0.196 e. The summed E-state index contributed by atoms with van der Waals surface area (Å²) < 4.78 is 11.8. The first-order chi connectivity index (χ1) is 17.1. The maximum atomic E-state index is 13.2. The molecule has 0 aliphatic carbocycles. The van der Waals surface area contributed by atoms with Gasteiger partial charge in [-0.2, -0.15) is 0 Å². The number of nitrogen functional groups attached to an aromatic ring is 1. The molecule has 190 valence electrons. The number of hydrogen-bond acceptors (Lipinski definition) is 5. The molecule has 0 atom stereocenters. The molecule has 5 nitrogen and oxygen atoms in total. The Morgan fingerprint density at radius 1 is 0.914 bits per heavy atom. The highest BCUT2D eigenvalue weighted by Gasteiger charge is 2.18. The number of unbranched alkanes of at least 4 members (excludes halogenated alkanes) is 3. The van der Waals surface area contributed by atoms with Crippen molar-refractivity contribution in [2.24, 2.45) is 0 Å². The van der Waals surface area contributed by atoms with Gasteiger partial charge >= 0.3 is 0 Å². The van der Waals surface area contributed by atoms with Gasteiger partial charge in [-0.05, 0) is 87.2 Å². The van der Waals surface area contributed by atoms with E-state index >= 15 is 0 Å². The minimum absolute atomic E-state index is 0.0650. The number of benzene rings is 2. The van der Waals surface area contributed by atoms with E-state index in [1.54, 1.807) is 6.26 Å². The first-order valence-corrected chi connectivity index (χ1v) is 13.4. The van der Waals surface area contributed by atoms with Gasteiger partial charge in [0.2, 0.25) is 0 Å². The van der Waals surface area contributed by atoms with Crippen LogP contribution in [0.5, 0.6) is 5.75 Å². The number of ketones is 1. The SMILES string of the molecule is CCCCc1cc(N)cc2c(C(=O)c3ccc(OCCCN(CCCC)CCCC)cc3)coc12. The van der Waals surface area contributed by atoms with Crippen molar-refractivity contribution in [3.8, 4) is 5.75 Å². The van der Waals surface area contributed by atoms with Crippen molar-refractivity contribution in [3.63, 3.8) is 0 Å². The van der Waals surface area contributed by atoms with Gasteiger partial charge in [0.15, 0.2) is 5.78 Å². The zero-order valence-electron chi connectivity index (χ0n) is 21.8.